The second-order valence-corrected chi connectivity index (χ2v) is 5.84. The number of fused-ring (bicyclic) bond motifs is 1. The Labute approximate surface area is 118 Å². The Hall–Kier alpha value is -1.07. The van der Waals surface area contributed by atoms with Crippen molar-refractivity contribution in [3.63, 3.8) is 0 Å². The van der Waals surface area contributed by atoms with Crippen molar-refractivity contribution >= 4 is 17.5 Å². The van der Waals surface area contributed by atoms with Gasteiger partial charge in [-0.2, -0.15) is 5.10 Å². The highest BCUT2D eigenvalue weighted by molar-refractivity contribution is 6.31. The predicted molar refractivity (Wildman–Crippen MR) is 73.1 cm³/mol. The van der Waals surface area contributed by atoms with E-state index in [0.29, 0.717) is 17.6 Å². The third-order valence-corrected chi connectivity index (χ3v) is 4.49. The number of hydrogen-bond donors (Lipinski definition) is 0. The monoisotopic (exact) mass is 282 g/mol. The van der Waals surface area contributed by atoms with Crippen molar-refractivity contribution in [2.75, 3.05) is 26.2 Å². The van der Waals surface area contributed by atoms with E-state index in [-0.39, 0.29) is 5.91 Å². The van der Waals surface area contributed by atoms with Crippen LogP contribution in [0, 0.1) is 6.92 Å². The zero-order valence-electron chi connectivity index (χ0n) is 11.2. The Morgan fingerprint density at radius 3 is 3.05 bits per heavy atom. The maximum atomic E-state index is 12.3. The fraction of sp³-hybridized carbons (Fsp3) is 0.692. The Morgan fingerprint density at radius 1 is 1.47 bits per heavy atom. The summed E-state index contributed by atoms with van der Waals surface area (Å²) < 4.78 is 1.64. The molecular formula is C13H19ClN4O. The van der Waals surface area contributed by atoms with Gasteiger partial charge in [0.25, 0.3) is 0 Å². The second-order valence-electron chi connectivity index (χ2n) is 5.43. The Balaban J connectivity index is 1.61. The van der Waals surface area contributed by atoms with Gasteiger partial charge in [-0.05, 0) is 26.3 Å². The largest absolute Gasteiger partial charge is 0.338 e. The van der Waals surface area contributed by atoms with E-state index in [1.807, 2.05) is 11.8 Å². The minimum atomic E-state index is 0.144. The molecule has 0 unspecified atom stereocenters. The number of carbonyl (C=O) groups is 1. The summed E-state index contributed by atoms with van der Waals surface area (Å²) in [6.07, 6.45) is 4.21. The lowest BCUT2D eigenvalue weighted by Gasteiger charge is -2.37. The van der Waals surface area contributed by atoms with Crippen LogP contribution in [0.15, 0.2) is 6.20 Å². The molecule has 1 atom stereocenters. The SMILES string of the molecule is Cc1nn(CC(=O)N2CCN3CCC[C@H]3C2)cc1Cl. The molecule has 19 heavy (non-hydrogen) atoms. The predicted octanol–water partition coefficient (Wildman–Crippen LogP) is 1.15. The van der Waals surface area contributed by atoms with Crippen molar-refractivity contribution in [2.24, 2.45) is 0 Å². The highest BCUT2D eigenvalue weighted by Crippen LogP contribution is 2.21. The lowest BCUT2D eigenvalue weighted by molar-refractivity contribution is -0.134. The smallest absolute Gasteiger partial charge is 0.244 e. The summed E-state index contributed by atoms with van der Waals surface area (Å²) in [5, 5.41) is 4.86. The average Bonchev–Trinajstić information content (AvgIpc) is 2.96. The first-order valence-corrected chi connectivity index (χ1v) is 7.22. The van der Waals surface area contributed by atoms with Crippen molar-refractivity contribution in [3.05, 3.63) is 16.9 Å². The van der Waals surface area contributed by atoms with Gasteiger partial charge in [0.15, 0.2) is 0 Å². The summed E-state index contributed by atoms with van der Waals surface area (Å²) in [7, 11) is 0. The van der Waals surface area contributed by atoms with Gasteiger partial charge in [-0.1, -0.05) is 11.6 Å². The van der Waals surface area contributed by atoms with Crippen molar-refractivity contribution in [3.8, 4) is 0 Å². The van der Waals surface area contributed by atoms with Gasteiger partial charge in [0.2, 0.25) is 5.91 Å². The van der Waals surface area contributed by atoms with Gasteiger partial charge in [-0.3, -0.25) is 14.4 Å². The third kappa shape index (κ3) is 2.62. The quantitative estimate of drug-likeness (QED) is 0.817. The first-order chi connectivity index (χ1) is 9.13. The van der Waals surface area contributed by atoms with Crippen LogP contribution in [0.3, 0.4) is 0 Å². The molecule has 1 aromatic heterocycles. The Bertz CT molecular complexity index is 467. The number of aromatic nitrogens is 2. The van der Waals surface area contributed by atoms with Crippen LogP contribution in [-0.2, 0) is 11.3 Å². The minimum Gasteiger partial charge on any atom is -0.338 e. The van der Waals surface area contributed by atoms with E-state index in [0.717, 1.165) is 25.3 Å². The minimum absolute atomic E-state index is 0.144. The molecule has 0 N–H and O–H groups in total. The van der Waals surface area contributed by atoms with Crippen molar-refractivity contribution < 1.29 is 4.79 Å². The fourth-order valence-corrected chi connectivity index (χ4v) is 3.18. The normalized spacial score (nSPS) is 23.7. The number of hydrogen-bond acceptors (Lipinski definition) is 3. The lowest BCUT2D eigenvalue weighted by Crippen LogP contribution is -2.52. The van der Waals surface area contributed by atoms with E-state index in [4.69, 9.17) is 11.6 Å². The van der Waals surface area contributed by atoms with Crippen LogP contribution in [0.2, 0.25) is 5.02 Å². The molecule has 2 aliphatic heterocycles. The molecule has 3 rings (SSSR count). The van der Waals surface area contributed by atoms with Crippen LogP contribution in [0.25, 0.3) is 0 Å². The first-order valence-electron chi connectivity index (χ1n) is 6.85. The van der Waals surface area contributed by atoms with Crippen LogP contribution in [0.5, 0.6) is 0 Å². The molecule has 0 aliphatic carbocycles. The highest BCUT2D eigenvalue weighted by Gasteiger charge is 2.32. The van der Waals surface area contributed by atoms with E-state index in [1.54, 1.807) is 10.9 Å². The number of carbonyl (C=O) groups excluding carboxylic acids is 1. The standard InChI is InChI=1S/C13H19ClN4O/c1-10-12(14)8-18(15-10)9-13(19)17-6-5-16-4-2-3-11(16)7-17/h8,11H,2-7,9H2,1H3/t11-/m0/s1. The molecule has 0 radical (unpaired) electrons. The van der Waals surface area contributed by atoms with E-state index in [1.165, 1.54) is 19.4 Å². The number of piperazine rings is 1. The summed E-state index contributed by atoms with van der Waals surface area (Å²) in [5.41, 5.74) is 0.773. The van der Waals surface area contributed by atoms with Gasteiger partial charge in [0.05, 0.1) is 10.7 Å². The summed E-state index contributed by atoms with van der Waals surface area (Å²) in [5.74, 6) is 0.144. The molecule has 0 bridgehead atoms. The number of nitrogens with zero attached hydrogens (tertiary/aromatic N) is 4. The molecule has 2 fully saturated rings. The molecule has 5 nitrogen and oxygen atoms in total. The maximum absolute atomic E-state index is 12.3. The molecule has 2 saturated heterocycles. The van der Waals surface area contributed by atoms with Gasteiger partial charge >= 0.3 is 0 Å². The molecule has 104 valence electrons. The van der Waals surface area contributed by atoms with Gasteiger partial charge in [0, 0.05) is 31.9 Å². The number of amides is 1. The zero-order valence-corrected chi connectivity index (χ0v) is 11.9. The Kier molecular flexibility index (Phi) is 3.50. The number of rotatable bonds is 2. The molecule has 0 saturated carbocycles. The molecule has 1 amide bonds. The van der Waals surface area contributed by atoms with Gasteiger partial charge < -0.3 is 4.90 Å². The van der Waals surface area contributed by atoms with Crippen molar-refractivity contribution in [1.29, 1.82) is 0 Å². The Morgan fingerprint density at radius 2 is 2.32 bits per heavy atom. The van der Waals surface area contributed by atoms with Crippen LogP contribution in [0.4, 0.5) is 0 Å². The number of halogens is 1. The van der Waals surface area contributed by atoms with E-state index in [9.17, 15) is 4.79 Å². The molecular weight excluding hydrogens is 264 g/mol. The van der Waals surface area contributed by atoms with Gasteiger partial charge in [0.1, 0.15) is 6.54 Å². The molecule has 0 spiro atoms. The summed E-state index contributed by atoms with van der Waals surface area (Å²) in [6.45, 7) is 6.05. The topological polar surface area (TPSA) is 41.4 Å². The van der Waals surface area contributed by atoms with Crippen molar-refractivity contribution in [1.82, 2.24) is 19.6 Å². The van der Waals surface area contributed by atoms with Crippen molar-refractivity contribution in [2.45, 2.75) is 32.4 Å². The first kappa shape index (κ1) is 12.9. The van der Waals surface area contributed by atoms with E-state index in [2.05, 4.69) is 10.00 Å². The van der Waals surface area contributed by atoms with E-state index < -0.39 is 0 Å². The average molecular weight is 283 g/mol. The van der Waals surface area contributed by atoms with Gasteiger partial charge in [-0.25, -0.2) is 0 Å². The fourth-order valence-electron chi connectivity index (χ4n) is 3.03. The molecule has 6 heteroatoms. The summed E-state index contributed by atoms with van der Waals surface area (Å²) in [6, 6.07) is 0.570. The maximum Gasteiger partial charge on any atom is 0.244 e. The van der Waals surface area contributed by atoms with Crippen LogP contribution in [0.1, 0.15) is 18.5 Å². The van der Waals surface area contributed by atoms with Crippen LogP contribution in [-0.4, -0.2) is 57.7 Å². The third-order valence-electron chi connectivity index (χ3n) is 4.12. The van der Waals surface area contributed by atoms with Crippen LogP contribution < -0.4 is 0 Å². The van der Waals surface area contributed by atoms with Crippen LogP contribution >= 0.6 is 11.6 Å². The molecule has 0 aromatic carbocycles. The lowest BCUT2D eigenvalue weighted by atomic mass is 10.1. The summed E-state index contributed by atoms with van der Waals surface area (Å²) >= 11 is 5.96. The van der Waals surface area contributed by atoms with Gasteiger partial charge in [-0.15, -0.1) is 0 Å². The number of aryl methyl sites for hydroxylation is 1. The summed E-state index contributed by atoms with van der Waals surface area (Å²) in [4.78, 5) is 16.7. The zero-order chi connectivity index (χ0) is 13.4. The molecule has 3 heterocycles. The molecule has 1 aromatic rings. The van der Waals surface area contributed by atoms with E-state index >= 15 is 0 Å². The molecule has 2 aliphatic rings. The highest BCUT2D eigenvalue weighted by atomic mass is 35.5. The second kappa shape index (κ2) is 5.13.